The number of imide groups is 1. The molecule has 17 heteroatoms. The summed E-state index contributed by atoms with van der Waals surface area (Å²) in [7, 11) is 5.11. The summed E-state index contributed by atoms with van der Waals surface area (Å²) in [6, 6.07) is 9.92. The molecule has 2 saturated carbocycles. The number of nitrogens with one attached hydrogen (secondary N) is 3. The Morgan fingerprint density at radius 3 is 2.42 bits per heavy atom. The monoisotopic (exact) mass is 923 g/mol. The van der Waals surface area contributed by atoms with Crippen LogP contribution in [0.1, 0.15) is 107 Å². The van der Waals surface area contributed by atoms with Crippen LogP contribution in [0.15, 0.2) is 42.6 Å². The molecule has 1 unspecified atom stereocenters. The molecule has 0 radical (unpaired) electrons. The van der Waals surface area contributed by atoms with Gasteiger partial charge in [0.25, 0.3) is 5.91 Å². The fourth-order valence-electron chi connectivity index (χ4n) is 12.2. The van der Waals surface area contributed by atoms with Crippen LogP contribution < -0.4 is 40.3 Å². The number of methoxy groups -OCH3 is 1. The summed E-state index contributed by atoms with van der Waals surface area (Å²) in [5.74, 6) is 1.06. The third kappa shape index (κ3) is 9.37. The van der Waals surface area contributed by atoms with Gasteiger partial charge in [-0.15, -0.1) is 0 Å². The number of fused-ring (bicyclic) bond motifs is 1. The van der Waals surface area contributed by atoms with Crippen LogP contribution in [0.25, 0.3) is 0 Å². The Morgan fingerprint density at radius 1 is 1.00 bits per heavy atom. The lowest BCUT2D eigenvalue weighted by atomic mass is 9.52. The molecule has 6 aliphatic rings. The maximum Gasteiger partial charge on any atom is 0.251 e. The first-order valence-electron chi connectivity index (χ1n) is 24.5. The molecule has 2 aliphatic carbocycles. The average molecular weight is 923 g/mol. The number of rotatable bonds is 14. The van der Waals surface area contributed by atoms with Crippen molar-refractivity contribution in [3.8, 4) is 5.75 Å². The lowest BCUT2D eigenvalue weighted by molar-refractivity contribution is -0.134. The van der Waals surface area contributed by atoms with Crippen LogP contribution in [0, 0.1) is 17.2 Å². The summed E-state index contributed by atoms with van der Waals surface area (Å²) in [6.07, 6.45) is 13.6. The van der Waals surface area contributed by atoms with Crippen LogP contribution in [0.5, 0.6) is 5.75 Å². The van der Waals surface area contributed by atoms with E-state index in [0.717, 1.165) is 103 Å². The van der Waals surface area contributed by atoms with Crippen LogP contribution in [0.4, 0.5) is 38.9 Å². The number of amides is 4. The van der Waals surface area contributed by atoms with Crippen molar-refractivity contribution in [3.05, 3.63) is 54.0 Å². The number of piperidine rings is 3. The molecule has 9 rings (SSSR count). The highest BCUT2D eigenvalue weighted by atomic mass is 19.1. The Balaban J connectivity index is 0.765. The van der Waals surface area contributed by atoms with E-state index in [0.29, 0.717) is 65.2 Å². The van der Waals surface area contributed by atoms with Crippen LogP contribution in [-0.2, 0) is 14.4 Å². The Bertz CT molecular complexity index is 2340. The van der Waals surface area contributed by atoms with Crippen molar-refractivity contribution in [2.45, 2.75) is 120 Å². The molecule has 2 atom stereocenters. The molecule has 3 aromatic rings. The van der Waals surface area contributed by atoms with Crippen molar-refractivity contribution < 1.29 is 33.4 Å². The van der Waals surface area contributed by atoms with Gasteiger partial charge in [0, 0.05) is 69.6 Å². The number of anilines is 6. The zero-order valence-electron chi connectivity index (χ0n) is 39.5. The van der Waals surface area contributed by atoms with Crippen molar-refractivity contribution in [1.82, 2.24) is 25.5 Å². The van der Waals surface area contributed by atoms with E-state index in [-0.39, 0.29) is 60.0 Å². The Labute approximate surface area is 393 Å². The van der Waals surface area contributed by atoms with Crippen molar-refractivity contribution >= 4 is 58.1 Å². The summed E-state index contributed by atoms with van der Waals surface area (Å²) >= 11 is 0. The quantitative estimate of drug-likeness (QED) is 0.144. The lowest BCUT2D eigenvalue weighted by Gasteiger charge is -2.59. The topological polar surface area (TPSA) is 176 Å². The van der Waals surface area contributed by atoms with Crippen molar-refractivity contribution in [2.24, 2.45) is 11.3 Å². The molecule has 0 bridgehead atoms. The SMILES string of the molecule is CC[C@@H]1C(=O)N(C)c2cnc(Nc3ccc(C(=O)NC4(CCO)CC5(CCN(CC6CCN(c7ccc(N(C)C8CCC(=O)NC8=O)cc7F)CC6)CC5)C4)cc3OC)nc2N1C1CCCC1. The second kappa shape index (κ2) is 19.2. The third-order valence-corrected chi connectivity index (χ3v) is 15.9. The predicted molar refractivity (Wildman–Crippen MR) is 256 cm³/mol. The Morgan fingerprint density at radius 2 is 1.75 bits per heavy atom. The number of aromatic nitrogens is 2. The maximum absolute atomic E-state index is 15.5. The lowest BCUT2D eigenvalue weighted by Crippen LogP contribution is -2.64. The average Bonchev–Trinajstić information content (AvgIpc) is 3.85. The molecule has 360 valence electrons. The van der Waals surface area contributed by atoms with Crippen LogP contribution in [-0.4, -0.2) is 128 Å². The fraction of sp³-hybridized carbons (Fsp3) is 0.600. The minimum atomic E-state index is -0.508. The van der Waals surface area contributed by atoms with Crippen LogP contribution in [0.3, 0.4) is 0 Å². The molecular formula is C50H67FN10O6. The molecule has 1 aromatic heterocycles. The van der Waals surface area contributed by atoms with E-state index in [4.69, 9.17) is 9.72 Å². The van der Waals surface area contributed by atoms with E-state index in [2.05, 4.69) is 35.6 Å². The van der Waals surface area contributed by atoms with E-state index in [1.807, 2.05) is 19.1 Å². The summed E-state index contributed by atoms with van der Waals surface area (Å²) in [5.41, 5.74) is 2.61. The number of ether oxygens (including phenoxy) is 1. The molecule has 5 heterocycles. The fourth-order valence-corrected chi connectivity index (χ4v) is 12.2. The highest BCUT2D eigenvalue weighted by Crippen LogP contribution is 2.56. The van der Waals surface area contributed by atoms with E-state index in [9.17, 15) is 24.3 Å². The zero-order chi connectivity index (χ0) is 47.0. The van der Waals surface area contributed by atoms with Gasteiger partial charge in [-0.25, -0.2) is 9.37 Å². The summed E-state index contributed by atoms with van der Waals surface area (Å²) in [6.45, 7) is 6.59. The molecule has 4 aliphatic heterocycles. The number of nitrogens with zero attached hydrogens (tertiary/aromatic N) is 7. The number of benzene rings is 2. The van der Waals surface area contributed by atoms with E-state index in [1.54, 1.807) is 55.4 Å². The number of aliphatic hydroxyl groups is 1. The highest BCUT2D eigenvalue weighted by Gasteiger charge is 2.55. The smallest absolute Gasteiger partial charge is 0.251 e. The molecule has 2 aromatic carbocycles. The number of halogens is 1. The molecule has 5 fully saturated rings. The number of likely N-dealkylation sites (tertiary alicyclic amines) is 1. The number of likely N-dealkylation sites (N-methyl/N-ethyl adjacent to an activating group) is 2. The van der Waals surface area contributed by atoms with E-state index >= 15 is 4.39 Å². The van der Waals surface area contributed by atoms with Gasteiger partial charge in [0.2, 0.25) is 23.7 Å². The molecule has 3 saturated heterocycles. The number of carbonyl (C=O) groups is 4. The van der Waals surface area contributed by atoms with Crippen molar-refractivity contribution in [3.63, 3.8) is 0 Å². The number of aliphatic hydroxyl groups excluding tert-OH is 1. The molecule has 4 N–H and O–H groups in total. The van der Waals surface area contributed by atoms with Gasteiger partial charge in [0.15, 0.2) is 5.82 Å². The van der Waals surface area contributed by atoms with E-state index < -0.39 is 11.6 Å². The molecular weight excluding hydrogens is 856 g/mol. The number of hydrogen-bond acceptors (Lipinski definition) is 13. The third-order valence-electron chi connectivity index (χ3n) is 15.9. The minimum absolute atomic E-state index is 0.0112. The van der Waals surface area contributed by atoms with Gasteiger partial charge in [0.05, 0.1) is 24.7 Å². The predicted octanol–water partition coefficient (Wildman–Crippen LogP) is 5.76. The van der Waals surface area contributed by atoms with Gasteiger partial charge in [-0.3, -0.25) is 24.5 Å². The zero-order valence-corrected chi connectivity index (χ0v) is 39.5. The second-order valence-corrected chi connectivity index (χ2v) is 20.1. The first-order valence-corrected chi connectivity index (χ1v) is 24.5. The van der Waals surface area contributed by atoms with Gasteiger partial charge in [0.1, 0.15) is 29.3 Å². The van der Waals surface area contributed by atoms with Gasteiger partial charge in [-0.05, 0) is 131 Å². The maximum atomic E-state index is 15.5. The van der Waals surface area contributed by atoms with Gasteiger partial charge < -0.3 is 45.0 Å². The van der Waals surface area contributed by atoms with Crippen LogP contribution >= 0.6 is 0 Å². The van der Waals surface area contributed by atoms with Crippen molar-refractivity contribution in [1.29, 1.82) is 0 Å². The molecule has 16 nitrogen and oxygen atoms in total. The molecule has 67 heavy (non-hydrogen) atoms. The number of hydrogen-bond donors (Lipinski definition) is 4. The Hall–Kier alpha value is -5.55. The van der Waals surface area contributed by atoms with Crippen molar-refractivity contribution in [2.75, 3.05) is 85.5 Å². The largest absolute Gasteiger partial charge is 0.495 e. The number of carbonyl (C=O) groups excluding carboxylic acids is 4. The highest BCUT2D eigenvalue weighted by molar-refractivity contribution is 6.04. The van der Waals surface area contributed by atoms with Gasteiger partial charge >= 0.3 is 0 Å². The van der Waals surface area contributed by atoms with Gasteiger partial charge in [-0.2, -0.15) is 4.98 Å². The summed E-state index contributed by atoms with van der Waals surface area (Å²) in [5, 5.41) is 19.2. The standard InChI is InChI=1S/C50H67FN10O6/c1-5-38-47(66)58(3)41-28-52-48(55-44(41)61(38)34-8-6-7-9-34)53-37-12-10-33(26-42(37)67-4)45(64)56-50(20-25-62)30-49(31-50)18-23-59(24-19-49)29-32-16-21-60(22-17-32)39-13-11-35(27-36(39)51)57(2)40-14-15-43(63)54-46(40)65/h10-13,26-28,32,34,38,40,62H,5-9,14-25,29-31H2,1-4H3,(H,56,64)(H,52,53,55)(H,54,63,65)/t38-,40?/m1/s1. The second-order valence-electron chi connectivity index (χ2n) is 20.1. The summed E-state index contributed by atoms with van der Waals surface area (Å²) in [4.78, 5) is 71.1. The molecule has 1 spiro atoms. The first kappa shape index (κ1) is 46.6. The van der Waals surface area contributed by atoms with Gasteiger partial charge in [-0.1, -0.05) is 19.8 Å². The van der Waals surface area contributed by atoms with E-state index in [1.165, 1.54) is 6.07 Å². The summed E-state index contributed by atoms with van der Waals surface area (Å²) < 4.78 is 21.3. The molecule has 4 amide bonds. The minimum Gasteiger partial charge on any atom is -0.495 e. The Kier molecular flexibility index (Phi) is 13.4. The normalized spacial score (nSPS) is 23.2. The first-order chi connectivity index (χ1) is 32.3. The van der Waals surface area contributed by atoms with Crippen LogP contribution in [0.2, 0.25) is 0 Å².